The molecule has 6 rings (SSSR count). The molecule has 2 atom stereocenters. The first-order valence-corrected chi connectivity index (χ1v) is 18.5. The van der Waals surface area contributed by atoms with Crippen LogP contribution in [0.3, 0.4) is 0 Å². The van der Waals surface area contributed by atoms with E-state index < -0.39 is 10.0 Å². The number of carbonyl (C=O) groups is 1. The van der Waals surface area contributed by atoms with Crippen molar-refractivity contribution in [1.29, 1.82) is 0 Å². The van der Waals surface area contributed by atoms with Crippen LogP contribution in [0.2, 0.25) is 5.02 Å². The number of hydrogen-bond acceptors (Lipinski definition) is 8. The summed E-state index contributed by atoms with van der Waals surface area (Å²) in [6.07, 6.45) is 6.75. The predicted molar refractivity (Wildman–Crippen MR) is 183 cm³/mol. The predicted octanol–water partition coefficient (Wildman–Crippen LogP) is 4.98. The fraction of sp³-hybridized carbons (Fsp3) is 0.543. The molecule has 47 heavy (non-hydrogen) atoms. The number of carbonyl (C=O) groups excluding carboxylic acids is 1. The van der Waals surface area contributed by atoms with Gasteiger partial charge in [-0.1, -0.05) is 23.7 Å². The van der Waals surface area contributed by atoms with Gasteiger partial charge < -0.3 is 4.90 Å². The fourth-order valence-electron chi connectivity index (χ4n) is 7.89. The Balaban J connectivity index is 1.12. The molecule has 3 saturated heterocycles. The standard InChI is InChI=1S/C35H46ClN7O3S/c1-25-23-41(35(4)13-18-40(19-14-35)34(44)32-26(2)38-24-39-27(32)3)20-21-43(25)33(31-10-5-6-15-37-31)28-11-16-42(17-12-28)47(45,46)30-9-7-8-29(36)22-30/h5-10,15,22,24-25,28,33H,11-14,16-21,23H2,1-4H3/t25-,33-/m0/s1. The summed E-state index contributed by atoms with van der Waals surface area (Å²) < 4.78 is 28.5. The molecule has 10 nitrogen and oxygen atoms in total. The molecule has 12 heteroatoms. The second-order valence-electron chi connectivity index (χ2n) is 13.6. The lowest BCUT2D eigenvalue weighted by Crippen LogP contribution is -2.63. The Labute approximate surface area is 284 Å². The molecule has 3 aliphatic rings. The van der Waals surface area contributed by atoms with E-state index in [1.165, 1.54) is 12.4 Å². The number of aromatic nitrogens is 3. The summed E-state index contributed by atoms with van der Waals surface area (Å²) in [5.74, 6) is 0.314. The lowest BCUT2D eigenvalue weighted by molar-refractivity contribution is -0.0429. The van der Waals surface area contributed by atoms with E-state index >= 15 is 0 Å². The van der Waals surface area contributed by atoms with Gasteiger partial charge in [-0.3, -0.25) is 19.6 Å². The second-order valence-corrected chi connectivity index (χ2v) is 16.0. The van der Waals surface area contributed by atoms with Crippen LogP contribution in [0, 0.1) is 19.8 Å². The van der Waals surface area contributed by atoms with E-state index in [1.807, 2.05) is 31.0 Å². The molecule has 1 aromatic carbocycles. The van der Waals surface area contributed by atoms with Crippen molar-refractivity contribution in [3.05, 3.63) is 82.7 Å². The van der Waals surface area contributed by atoms with Crippen molar-refractivity contribution in [2.45, 2.75) is 75.9 Å². The molecule has 0 aliphatic carbocycles. The average Bonchev–Trinajstić information content (AvgIpc) is 3.06. The van der Waals surface area contributed by atoms with Crippen molar-refractivity contribution in [3.63, 3.8) is 0 Å². The third-order valence-electron chi connectivity index (χ3n) is 10.7. The molecule has 0 N–H and O–H groups in total. The molecule has 3 fully saturated rings. The van der Waals surface area contributed by atoms with Crippen molar-refractivity contribution in [2.75, 3.05) is 45.8 Å². The Morgan fingerprint density at radius 3 is 2.26 bits per heavy atom. The van der Waals surface area contributed by atoms with Crippen LogP contribution in [-0.2, 0) is 10.0 Å². The number of sulfonamides is 1. The Hall–Kier alpha value is -2.96. The number of benzene rings is 1. The quantitative estimate of drug-likeness (QED) is 0.345. The van der Waals surface area contributed by atoms with E-state index in [0.29, 0.717) is 36.8 Å². The number of halogens is 1. The summed E-state index contributed by atoms with van der Waals surface area (Å²) in [5, 5.41) is 0.421. The highest BCUT2D eigenvalue weighted by Gasteiger charge is 2.44. The molecular formula is C35H46ClN7O3S. The monoisotopic (exact) mass is 679 g/mol. The molecule has 3 aliphatic heterocycles. The number of aryl methyl sites for hydroxylation is 2. The maximum atomic E-state index is 13.4. The zero-order chi connectivity index (χ0) is 33.3. The van der Waals surface area contributed by atoms with Gasteiger partial charge in [0.25, 0.3) is 5.91 Å². The van der Waals surface area contributed by atoms with E-state index in [2.05, 4.69) is 45.7 Å². The number of likely N-dealkylation sites (tertiary alicyclic amines) is 1. The number of hydrogen-bond donors (Lipinski definition) is 0. The number of rotatable bonds is 7. The molecule has 3 aromatic rings. The van der Waals surface area contributed by atoms with Crippen LogP contribution in [0.15, 0.2) is 59.9 Å². The van der Waals surface area contributed by atoms with Crippen molar-refractivity contribution in [2.24, 2.45) is 5.92 Å². The molecule has 0 radical (unpaired) electrons. The molecule has 5 heterocycles. The van der Waals surface area contributed by atoms with E-state index in [9.17, 15) is 13.2 Å². The normalized spacial score (nSPS) is 22.7. The molecule has 2 aromatic heterocycles. The van der Waals surface area contributed by atoms with Crippen LogP contribution >= 0.6 is 11.6 Å². The van der Waals surface area contributed by atoms with Gasteiger partial charge in [0.05, 0.1) is 33.6 Å². The average molecular weight is 680 g/mol. The van der Waals surface area contributed by atoms with Gasteiger partial charge in [-0.15, -0.1) is 0 Å². The third kappa shape index (κ3) is 6.96. The summed E-state index contributed by atoms with van der Waals surface area (Å²) in [4.78, 5) is 34.2. The number of piperidine rings is 2. The van der Waals surface area contributed by atoms with Gasteiger partial charge in [-0.25, -0.2) is 18.4 Å². The zero-order valence-corrected chi connectivity index (χ0v) is 29.4. The van der Waals surface area contributed by atoms with Gasteiger partial charge in [-0.05, 0) is 89.6 Å². The summed E-state index contributed by atoms with van der Waals surface area (Å²) in [7, 11) is -3.61. The maximum Gasteiger partial charge on any atom is 0.257 e. The van der Waals surface area contributed by atoms with Gasteiger partial charge in [-0.2, -0.15) is 4.31 Å². The van der Waals surface area contributed by atoms with Crippen LogP contribution < -0.4 is 0 Å². The Kier molecular flexibility index (Phi) is 10.0. The Morgan fingerprint density at radius 1 is 0.936 bits per heavy atom. The second kappa shape index (κ2) is 13.9. The molecule has 1 amide bonds. The van der Waals surface area contributed by atoms with Crippen molar-refractivity contribution >= 4 is 27.5 Å². The highest BCUT2D eigenvalue weighted by atomic mass is 35.5. The first-order chi connectivity index (χ1) is 22.5. The number of piperazine rings is 1. The van der Waals surface area contributed by atoms with Crippen LogP contribution in [-0.4, -0.2) is 106 Å². The van der Waals surface area contributed by atoms with E-state index in [1.54, 1.807) is 22.5 Å². The zero-order valence-electron chi connectivity index (χ0n) is 27.8. The first-order valence-electron chi connectivity index (χ1n) is 16.7. The summed E-state index contributed by atoms with van der Waals surface area (Å²) >= 11 is 6.12. The smallest absolute Gasteiger partial charge is 0.257 e. The van der Waals surface area contributed by atoms with E-state index in [0.717, 1.165) is 62.4 Å². The first kappa shape index (κ1) is 33.9. The van der Waals surface area contributed by atoms with Gasteiger partial charge in [0.1, 0.15) is 6.33 Å². The third-order valence-corrected chi connectivity index (χ3v) is 12.9. The molecule has 0 saturated carbocycles. The summed E-state index contributed by atoms with van der Waals surface area (Å²) in [6.45, 7) is 13.6. The van der Waals surface area contributed by atoms with Gasteiger partial charge in [0.2, 0.25) is 10.0 Å². The minimum atomic E-state index is -3.61. The summed E-state index contributed by atoms with van der Waals surface area (Å²) in [5.41, 5.74) is 3.16. The Morgan fingerprint density at radius 2 is 1.64 bits per heavy atom. The SMILES string of the molecule is Cc1ncnc(C)c1C(=O)N1CCC(C)(N2CCN([C@H](c3ccccn3)C3CCN(S(=O)(=O)c4cccc(Cl)c4)CC3)[C@@H](C)C2)CC1. The Bertz CT molecular complexity index is 1660. The minimum Gasteiger partial charge on any atom is -0.338 e. The fourth-order valence-corrected chi connectivity index (χ4v) is 9.66. The molecule has 0 bridgehead atoms. The largest absolute Gasteiger partial charge is 0.338 e. The van der Waals surface area contributed by atoms with Crippen molar-refractivity contribution in [3.8, 4) is 0 Å². The van der Waals surface area contributed by atoms with Gasteiger partial charge in [0.15, 0.2) is 0 Å². The van der Waals surface area contributed by atoms with Crippen LogP contribution in [0.4, 0.5) is 0 Å². The molecular weight excluding hydrogens is 634 g/mol. The lowest BCUT2D eigenvalue weighted by atomic mass is 9.84. The molecule has 252 valence electrons. The number of pyridine rings is 1. The van der Waals surface area contributed by atoms with E-state index in [-0.39, 0.29) is 34.3 Å². The van der Waals surface area contributed by atoms with Gasteiger partial charge in [0, 0.05) is 68.6 Å². The van der Waals surface area contributed by atoms with Gasteiger partial charge >= 0.3 is 0 Å². The van der Waals surface area contributed by atoms with Crippen molar-refractivity contribution < 1.29 is 13.2 Å². The maximum absolute atomic E-state index is 13.4. The van der Waals surface area contributed by atoms with Crippen LogP contribution in [0.1, 0.15) is 73.0 Å². The highest BCUT2D eigenvalue weighted by Crippen LogP contribution is 2.40. The van der Waals surface area contributed by atoms with Crippen LogP contribution in [0.5, 0.6) is 0 Å². The molecule has 0 spiro atoms. The summed E-state index contributed by atoms with van der Waals surface area (Å²) in [6, 6.07) is 13.0. The van der Waals surface area contributed by atoms with E-state index in [4.69, 9.17) is 16.6 Å². The highest BCUT2D eigenvalue weighted by molar-refractivity contribution is 7.89. The van der Waals surface area contributed by atoms with Crippen molar-refractivity contribution in [1.82, 2.24) is 34.0 Å². The topological polar surface area (TPSA) is 103 Å². The van der Waals surface area contributed by atoms with Crippen LogP contribution in [0.25, 0.3) is 0 Å². The molecule has 0 unspecified atom stereocenters. The number of amides is 1. The number of nitrogens with zero attached hydrogens (tertiary/aromatic N) is 7. The minimum absolute atomic E-state index is 0.00886. The lowest BCUT2D eigenvalue weighted by Gasteiger charge is -2.53.